The van der Waals surface area contributed by atoms with Gasteiger partial charge in [-0.2, -0.15) is 0 Å². The fraction of sp³-hybridized carbons (Fsp3) is 0.929. The van der Waals surface area contributed by atoms with Crippen LogP contribution in [0.25, 0.3) is 0 Å². The molecule has 2 fully saturated rings. The molecule has 0 aromatic heterocycles. The van der Waals surface area contributed by atoms with E-state index < -0.39 is 36.7 Å². The number of carbonyl (C=O) groups excluding carboxylic acids is 1. The van der Waals surface area contributed by atoms with Crippen molar-refractivity contribution in [3.63, 3.8) is 0 Å². The highest BCUT2D eigenvalue weighted by atomic mass is 16.7. The van der Waals surface area contributed by atoms with Gasteiger partial charge < -0.3 is 34.8 Å². The summed E-state index contributed by atoms with van der Waals surface area (Å²) in [6.45, 7) is 3.42. The van der Waals surface area contributed by atoms with Gasteiger partial charge in [0, 0.05) is 13.3 Å². The van der Waals surface area contributed by atoms with Crippen molar-refractivity contribution in [3.8, 4) is 0 Å². The Morgan fingerprint density at radius 1 is 1.27 bits per heavy atom. The highest BCUT2D eigenvalue weighted by Gasteiger charge is 2.42. The van der Waals surface area contributed by atoms with E-state index in [2.05, 4.69) is 5.32 Å². The summed E-state index contributed by atoms with van der Waals surface area (Å²) in [5.41, 5.74) is 0. The Bertz CT molecular complexity index is 380. The molecule has 22 heavy (non-hydrogen) atoms. The Hall–Kier alpha value is -0.770. The van der Waals surface area contributed by atoms with E-state index in [9.17, 15) is 20.1 Å². The van der Waals surface area contributed by atoms with Gasteiger partial charge in [-0.3, -0.25) is 4.79 Å². The zero-order valence-corrected chi connectivity index (χ0v) is 12.8. The van der Waals surface area contributed by atoms with Crippen LogP contribution in [0.2, 0.25) is 0 Å². The minimum Gasteiger partial charge on any atom is -0.391 e. The monoisotopic (exact) mass is 319 g/mol. The number of amides is 1. The fourth-order valence-corrected chi connectivity index (χ4v) is 2.75. The third-order valence-electron chi connectivity index (χ3n) is 4.02. The molecule has 2 rings (SSSR count). The first-order valence-corrected chi connectivity index (χ1v) is 7.62. The number of ether oxygens (including phenoxy) is 3. The van der Waals surface area contributed by atoms with Crippen LogP contribution in [0.15, 0.2) is 0 Å². The normalized spacial score (nSPS) is 42.9. The molecule has 0 aliphatic carbocycles. The molecule has 7 atom stereocenters. The van der Waals surface area contributed by atoms with E-state index in [1.807, 2.05) is 6.92 Å². The van der Waals surface area contributed by atoms with E-state index in [4.69, 9.17) is 14.2 Å². The van der Waals surface area contributed by atoms with E-state index in [0.29, 0.717) is 12.8 Å². The third kappa shape index (κ3) is 4.15. The van der Waals surface area contributed by atoms with Crippen LogP contribution in [0, 0.1) is 0 Å². The third-order valence-corrected chi connectivity index (χ3v) is 4.02. The van der Waals surface area contributed by atoms with Crippen molar-refractivity contribution in [3.05, 3.63) is 0 Å². The molecule has 2 aliphatic heterocycles. The molecule has 2 saturated heterocycles. The maximum Gasteiger partial charge on any atom is 0.217 e. The molecule has 0 radical (unpaired) electrons. The van der Waals surface area contributed by atoms with Gasteiger partial charge in [0.25, 0.3) is 0 Å². The summed E-state index contributed by atoms with van der Waals surface area (Å²) in [6, 6.07) is -0.730. The molecule has 7 unspecified atom stereocenters. The average molecular weight is 319 g/mol. The lowest BCUT2D eigenvalue weighted by Crippen LogP contribution is -2.60. The predicted molar refractivity (Wildman–Crippen MR) is 74.9 cm³/mol. The van der Waals surface area contributed by atoms with E-state index in [0.717, 1.165) is 0 Å². The van der Waals surface area contributed by atoms with Gasteiger partial charge in [0.1, 0.15) is 24.4 Å². The number of nitrogens with one attached hydrogen (secondary N) is 1. The minimum atomic E-state index is -1.10. The molecule has 128 valence electrons. The Balaban J connectivity index is 2.06. The van der Waals surface area contributed by atoms with Gasteiger partial charge in [0.05, 0.1) is 25.4 Å². The van der Waals surface area contributed by atoms with Gasteiger partial charge >= 0.3 is 0 Å². The summed E-state index contributed by atoms with van der Waals surface area (Å²) in [6.07, 6.45) is -3.75. The first-order chi connectivity index (χ1) is 10.4. The number of hydrogen-bond acceptors (Lipinski definition) is 7. The molecule has 2 heterocycles. The lowest BCUT2D eigenvalue weighted by atomic mass is 9.98. The average Bonchev–Trinajstić information content (AvgIpc) is 2.46. The maximum absolute atomic E-state index is 11.3. The van der Waals surface area contributed by atoms with Crippen LogP contribution in [0.4, 0.5) is 0 Å². The van der Waals surface area contributed by atoms with E-state index in [1.165, 1.54) is 6.92 Å². The molecule has 8 heteroatoms. The molecule has 0 saturated carbocycles. The molecule has 0 aromatic rings. The summed E-state index contributed by atoms with van der Waals surface area (Å²) in [5, 5.41) is 32.4. The van der Waals surface area contributed by atoms with Gasteiger partial charge in [-0.05, 0) is 6.42 Å². The van der Waals surface area contributed by atoms with Crippen molar-refractivity contribution in [1.29, 1.82) is 0 Å². The SMILES string of the molecule is CCC1CC(O)C(NC(C)=O)C(OC2COCC(O)C2O)O1. The van der Waals surface area contributed by atoms with Crippen LogP contribution >= 0.6 is 0 Å². The first-order valence-electron chi connectivity index (χ1n) is 7.62. The molecule has 0 bridgehead atoms. The zero-order chi connectivity index (χ0) is 16.3. The van der Waals surface area contributed by atoms with Crippen LogP contribution in [0.5, 0.6) is 0 Å². The summed E-state index contributed by atoms with van der Waals surface area (Å²) in [4.78, 5) is 11.3. The fourth-order valence-electron chi connectivity index (χ4n) is 2.75. The lowest BCUT2D eigenvalue weighted by molar-refractivity contribution is -0.280. The van der Waals surface area contributed by atoms with Crippen molar-refractivity contribution in [2.24, 2.45) is 0 Å². The van der Waals surface area contributed by atoms with Crippen LogP contribution in [-0.4, -0.2) is 77.3 Å². The zero-order valence-electron chi connectivity index (χ0n) is 12.8. The van der Waals surface area contributed by atoms with Crippen molar-refractivity contribution in [2.75, 3.05) is 13.2 Å². The molecular weight excluding hydrogens is 294 g/mol. The molecular formula is C14H25NO7. The van der Waals surface area contributed by atoms with Crippen molar-refractivity contribution < 1.29 is 34.3 Å². The van der Waals surface area contributed by atoms with Gasteiger partial charge in [-0.15, -0.1) is 0 Å². The summed E-state index contributed by atoms with van der Waals surface area (Å²) in [7, 11) is 0. The van der Waals surface area contributed by atoms with Crippen LogP contribution in [0.1, 0.15) is 26.7 Å². The number of carbonyl (C=O) groups is 1. The van der Waals surface area contributed by atoms with Crippen LogP contribution in [0.3, 0.4) is 0 Å². The highest BCUT2D eigenvalue weighted by molar-refractivity contribution is 5.73. The smallest absolute Gasteiger partial charge is 0.217 e. The van der Waals surface area contributed by atoms with Crippen LogP contribution < -0.4 is 5.32 Å². The largest absolute Gasteiger partial charge is 0.391 e. The van der Waals surface area contributed by atoms with Gasteiger partial charge in [0.2, 0.25) is 5.91 Å². The second-order valence-corrected chi connectivity index (χ2v) is 5.83. The molecule has 2 aliphatic rings. The summed E-state index contributed by atoms with van der Waals surface area (Å²) >= 11 is 0. The van der Waals surface area contributed by atoms with Crippen molar-refractivity contribution in [1.82, 2.24) is 5.32 Å². The van der Waals surface area contributed by atoms with E-state index >= 15 is 0 Å². The Kier molecular flexibility index (Phi) is 6.13. The van der Waals surface area contributed by atoms with Crippen molar-refractivity contribution in [2.45, 2.75) is 69.5 Å². The van der Waals surface area contributed by atoms with Crippen molar-refractivity contribution >= 4 is 5.91 Å². The molecule has 4 N–H and O–H groups in total. The maximum atomic E-state index is 11.3. The van der Waals surface area contributed by atoms with E-state index in [-0.39, 0.29) is 25.2 Å². The minimum absolute atomic E-state index is 0.0435. The number of aliphatic hydroxyl groups excluding tert-OH is 3. The van der Waals surface area contributed by atoms with E-state index in [1.54, 1.807) is 0 Å². The Labute approximate surface area is 129 Å². The Morgan fingerprint density at radius 3 is 2.64 bits per heavy atom. The molecule has 8 nitrogen and oxygen atoms in total. The second kappa shape index (κ2) is 7.67. The Morgan fingerprint density at radius 2 is 2.00 bits per heavy atom. The van der Waals surface area contributed by atoms with Gasteiger partial charge in [-0.1, -0.05) is 6.92 Å². The second-order valence-electron chi connectivity index (χ2n) is 5.83. The number of hydrogen-bond donors (Lipinski definition) is 4. The molecule has 1 amide bonds. The lowest BCUT2D eigenvalue weighted by Gasteiger charge is -2.42. The number of aliphatic hydroxyl groups is 3. The number of rotatable bonds is 4. The quantitative estimate of drug-likeness (QED) is 0.499. The standard InChI is InChI=1S/C14H25NO7/c1-3-8-4-9(17)12(15-7(2)16)14(21-8)22-11-6-20-5-10(18)13(11)19/h8-14,17-19H,3-6H2,1-2H3,(H,15,16). The predicted octanol–water partition coefficient (Wildman–Crippen LogP) is -1.49. The summed E-state index contributed by atoms with van der Waals surface area (Å²) in [5.74, 6) is -0.309. The van der Waals surface area contributed by atoms with Gasteiger partial charge in [-0.25, -0.2) is 0 Å². The highest BCUT2D eigenvalue weighted by Crippen LogP contribution is 2.26. The topological polar surface area (TPSA) is 117 Å². The summed E-state index contributed by atoms with van der Waals surface area (Å²) < 4.78 is 16.6. The molecule has 0 aromatic carbocycles. The first kappa shape index (κ1) is 17.6. The van der Waals surface area contributed by atoms with Crippen LogP contribution in [-0.2, 0) is 19.0 Å². The molecule has 0 spiro atoms. The van der Waals surface area contributed by atoms with Gasteiger partial charge in [0.15, 0.2) is 6.29 Å².